The number of rotatable bonds is 7. The van der Waals surface area contributed by atoms with E-state index in [0.717, 1.165) is 6.29 Å². The molecule has 0 aromatic heterocycles. The van der Waals surface area contributed by atoms with Crippen LogP contribution in [0.2, 0.25) is 0 Å². The molecule has 0 amide bonds. The molecule has 1 unspecified atom stereocenters. The van der Waals surface area contributed by atoms with Gasteiger partial charge in [0.25, 0.3) is 0 Å². The Balaban J connectivity index is 2.95. The first kappa shape index (κ1) is 10.6. The third kappa shape index (κ3) is 7.45. The fourth-order valence-corrected chi connectivity index (χ4v) is 0.396. The maximum Gasteiger partial charge on any atom is 0.148 e. The molecule has 11 heavy (non-hydrogen) atoms. The van der Waals surface area contributed by atoms with Gasteiger partial charge in [-0.1, -0.05) is 0 Å². The minimum absolute atomic E-state index is 0.142. The molecule has 0 aliphatic carbocycles. The van der Waals surface area contributed by atoms with Crippen molar-refractivity contribution in [2.75, 3.05) is 27.1 Å². The van der Waals surface area contributed by atoms with Crippen molar-refractivity contribution in [1.29, 1.82) is 0 Å². The highest BCUT2D eigenvalue weighted by molar-refractivity contribution is 5.54. The molecule has 4 heteroatoms. The number of hydrogen-bond acceptors (Lipinski definition) is 4. The molecular formula is C7H14O4. The van der Waals surface area contributed by atoms with Crippen LogP contribution in [-0.4, -0.2) is 39.5 Å². The lowest BCUT2D eigenvalue weighted by molar-refractivity contribution is -0.129. The lowest BCUT2D eigenvalue weighted by Crippen LogP contribution is -2.13. The first-order chi connectivity index (χ1) is 5.31. The summed E-state index contributed by atoms with van der Waals surface area (Å²) in [6.07, 6.45) is 0.331. The van der Waals surface area contributed by atoms with E-state index < -0.39 is 6.10 Å². The summed E-state index contributed by atoms with van der Waals surface area (Å²) in [6.45, 7) is 2.83. The van der Waals surface area contributed by atoms with E-state index in [9.17, 15) is 4.79 Å². The van der Waals surface area contributed by atoms with Crippen LogP contribution in [0, 0.1) is 0 Å². The number of aldehydes is 1. The van der Waals surface area contributed by atoms with E-state index in [4.69, 9.17) is 14.2 Å². The van der Waals surface area contributed by atoms with Crippen LogP contribution in [0.15, 0.2) is 0 Å². The molecule has 66 valence electrons. The molecule has 0 heterocycles. The van der Waals surface area contributed by atoms with E-state index in [1.807, 2.05) is 0 Å². The van der Waals surface area contributed by atoms with Crippen LogP contribution in [0.25, 0.3) is 0 Å². The average molecular weight is 162 g/mol. The monoisotopic (exact) mass is 162 g/mol. The zero-order chi connectivity index (χ0) is 8.53. The summed E-state index contributed by atoms with van der Waals surface area (Å²) in [7, 11) is 1.60. The second kappa shape index (κ2) is 7.65. The fourth-order valence-electron chi connectivity index (χ4n) is 0.396. The standard InChI is InChI=1S/C7H14O4/c1-7(5-8)11-6-10-4-3-9-2/h5,7H,3-4,6H2,1-2H3. The minimum Gasteiger partial charge on any atom is -0.382 e. The van der Waals surface area contributed by atoms with Gasteiger partial charge in [-0.15, -0.1) is 0 Å². The van der Waals surface area contributed by atoms with E-state index in [2.05, 4.69) is 0 Å². The molecule has 0 aromatic rings. The fraction of sp³-hybridized carbons (Fsp3) is 0.857. The molecule has 4 nitrogen and oxygen atoms in total. The Labute approximate surface area is 66.4 Å². The van der Waals surface area contributed by atoms with Gasteiger partial charge in [0.15, 0.2) is 0 Å². The van der Waals surface area contributed by atoms with Gasteiger partial charge in [0, 0.05) is 7.11 Å². The number of carbonyl (C=O) groups excluding carboxylic acids is 1. The Kier molecular flexibility index (Phi) is 7.34. The molecular weight excluding hydrogens is 148 g/mol. The van der Waals surface area contributed by atoms with E-state index in [-0.39, 0.29) is 6.79 Å². The summed E-state index contributed by atoms with van der Waals surface area (Å²) in [5.74, 6) is 0. The molecule has 0 fully saturated rings. The van der Waals surface area contributed by atoms with Crippen molar-refractivity contribution in [3.05, 3.63) is 0 Å². The van der Waals surface area contributed by atoms with Gasteiger partial charge < -0.3 is 19.0 Å². The maximum absolute atomic E-state index is 10.0. The van der Waals surface area contributed by atoms with Crippen molar-refractivity contribution in [1.82, 2.24) is 0 Å². The van der Waals surface area contributed by atoms with Crippen LogP contribution in [0.3, 0.4) is 0 Å². The minimum atomic E-state index is -0.391. The number of ether oxygens (including phenoxy) is 3. The predicted octanol–water partition coefficient (Wildman–Crippen LogP) is 0.211. The summed E-state index contributed by atoms with van der Waals surface area (Å²) >= 11 is 0. The molecule has 0 aromatic carbocycles. The largest absolute Gasteiger partial charge is 0.382 e. The number of methoxy groups -OCH3 is 1. The van der Waals surface area contributed by atoms with Crippen molar-refractivity contribution in [2.24, 2.45) is 0 Å². The summed E-state index contributed by atoms with van der Waals surface area (Å²) < 4.78 is 14.6. The van der Waals surface area contributed by atoms with Gasteiger partial charge in [0.1, 0.15) is 19.2 Å². The highest BCUT2D eigenvalue weighted by Gasteiger charge is 1.96. The molecule has 0 saturated carbocycles. The smallest absolute Gasteiger partial charge is 0.148 e. The van der Waals surface area contributed by atoms with Crippen molar-refractivity contribution >= 4 is 6.29 Å². The van der Waals surface area contributed by atoms with Crippen LogP contribution in [0.5, 0.6) is 0 Å². The first-order valence-corrected chi connectivity index (χ1v) is 3.45. The summed E-state index contributed by atoms with van der Waals surface area (Å²) in [6, 6.07) is 0. The first-order valence-electron chi connectivity index (χ1n) is 3.45. The third-order valence-electron chi connectivity index (χ3n) is 1.04. The van der Waals surface area contributed by atoms with E-state index in [0.29, 0.717) is 13.2 Å². The highest BCUT2D eigenvalue weighted by atomic mass is 16.7. The molecule has 0 aliphatic rings. The van der Waals surface area contributed by atoms with Gasteiger partial charge in [-0.05, 0) is 6.92 Å². The molecule has 0 spiro atoms. The van der Waals surface area contributed by atoms with Gasteiger partial charge in [-0.3, -0.25) is 0 Å². The van der Waals surface area contributed by atoms with Gasteiger partial charge >= 0.3 is 0 Å². The molecule has 0 aliphatic heterocycles. The Morgan fingerprint density at radius 3 is 2.73 bits per heavy atom. The topological polar surface area (TPSA) is 44.8 Å². The average Bonchev–Trinajstić information content (AvgIpc) is 2.04. The summed E-state index contributed by atoms with van der Waals surface area (Å²) in [4.78, 5) is 10.0. The van der Waals surface area contributed by atoms with Crippen LogP contribution >= 0.6 is 0 Å². The number of carbonyl (C=O) groups is 1. The van der Waals surface area contributed by atoms with Gasteiger partial charge in [-0.25, -0.2) is 0 Å². The normalized spacial score (nSPS) is 12.9. The van der Waals surface area contributed by atoms with E-state index in [1.54, 1.807) is 14.0 Å². The molecule has 0 radical (unpaired) electrons. The van der Waals surface area contributed by atoms with E-state index in [1.165, 1.54) is 0 Å². The van der Waals surface area contributed by atoms with Crippen LogP contribution in [0.1, 0.15) is 6.92 Å². The lowest BCUT2D eigenvalue weighted by atomic mass is 10.5. The Morgan fingerprint density at radius 1 is 1.45 bits per heavy atom. The highest BCUT2D eigenvalue weighted by Crippen LogP contribution is 1.85. The summed E-state index contributed by atoms with van der Waals surface area (Å²) in [5, 5.41) is 0. The third-order valence-corrected chi connectivity index (χ3v) is 1.04. The van der Waals surface area contributed by atoms with Crippen molar-refractivity contribution in [3.63, 3.8) is 0 Å². The lowest BCUT2D eigenvalue weighted by Gasteiger charge is -2.06. The van der Waals surface area contributed by atoms with E-state index >= 15 is 0 Å². The molecule has 0 bridgehead atoms. The molecule has 0 rings (SSSR count). The Morgan fingerprint density at radius 2 is 2.18 bits per heavy atom. The summed E-state index contributed by atoms with van der Waals surface area (Å²) in [5.41, 5.74) is 0. The SMILES string of the molecule is COCCOCOC(C)C=O. The molecule has 0 saturated heterocycles. The second-order valence-corrected chi connectivity index (χ2v) is 2.03. The molecule has 0 N–H and O–H groups in total. The maximum atomic E-state index is 10.0. The van der Waals surface area contributed by atoms with Crippen LogP contribution < -0.4 is 0 Å². The van der Waals surface area contributed by atoms with Crippen LogP contribution in [-0.2, 0) is 19.0 Å². The quantitative estimate of drug-likeness (QED) is 0.305. The zero-order valence-electron chi connectivity index (χ0n) is 6.91. The second-order valence-electron chi connectivity index (χ2n) is 2.03. The number of hydrogen-bond donors (Lipinski definition) is 0. The van der Waals surface area contributed by atoms with Gasteiger partial charge in [-0.2, -0.15) is 0 Å². The van der Waals surface area contributed by atoms with Crippen molar-refractivity contribution < 1.29 is 19.0 Å². The van der Waals surface area contributed by atoms with Crippen molar-refractivity contribution in [2.45, 2.75) is 13.0 Å². The van der Waals surface area contributed by atoms with Crippen LogP contribution in [0.4, 0.5) is 0 Å². The predicted molar refractivity (Wildman–Crippen MR) is 39.3 cm³/mol. The van der Waals surface area contributed by atoms with Crippen molar-refractivity contribution in [3.8, 4) is 0 Å². The Bertz CT molecular complexity index is 94.4. The Hall–Kier alpha value is -0.450. The molecule has 1 atom stereocenters. The zero-order valence-corrected chi connectivity index (χ0v) is 6.91. The van der Waals surface area contributed by atoms with Gasteiger partial charge in [0.05, 0.1) is 13.2 Å². The van der Waals surface area contributed by atoms with Gasteiger partial charge in [0.2, 0.25) is 0 Å².